The molecule has 0 spiro atoms. The molecule has 0 unspecified atom stereocenters. The number of fused-ring (bicyclic) bond motifs is 2. The van der Waals surface area contributed by atoms with Crippen molar-refractivity contribution >= 4 is 44.7 Å². The fourth-order valence-corrected chi connectivity index (χ4v) is 5.03. The molecule has 1 aliphatic heterocycles. The predicted octanol–water partition coefficient (Wildman–Crippen LogP) is 4.43. The minimum atomic E-state index is -4.87. The predicted molar refractivity (Wildman–Crippen MR) is 126 cm³/mol. The van der Waals surface area contributed by atoms with E-state index in [-0.39, 0.29) is 16.8 Å². The summed E-state index contributed by atoms with van der Waals surface area (Å²) in [5, 5.41) is 4.49. The van der Waals surface area contributed by atoms with Gasteiger partial charge in [0.2, 0.25) is 11.8 Å². The van der Waals surface area contributed by atoms with E-state index in [0.717, 1.165) is 16.5 Å². The molecule has 1 atom stereocenters. The Balaban J connectivity index is 1.58. The molecular formula is C24H17F3N4O3S. The van der Waals surface area contributed by atoms with Crippen molar-refractivity contribution in [2.75, 3.05) is 10.2 Å². The second-order valence-corrected chi connectivity index (χ2v) is 8.82. The molecule has 2 aromatic heterocycles. The minimum absolute atomic E-state index is 0.0859. The summed E-state index contributed by atoms with van der Waals surface area (Å²) < 4.78 is 42.9. The molecule has 2 amide bonds. The number of rotatable bonds is 3. The van der Waals surface area contributed by atoms with Gasteiger partial charge in [0, 0.05) is 10.9 Å². The molecule has 3 heterocycles. The molecule has 1 N–H and O–H groups in total. The first kappa shape index (κ1) is 22.8. The van der Waals surface area contributed by atoms with Gasteiger partial charge >= 0.3 is 6.18 Å². The van der Waals surface area contributed by atoms with Crippen LogP contribution in [-0.4, -0.2) is 33.6 Å². The lowest BCUT2D eigenvalue weighted by atomic mass is 10.1. The number of hydrogen-bond donors (Lipinski definition) is 1. The van der Waals surface area contributed by atoms with Crippen molar-refractivity contribution in [3.63, 3.8) is 0 Å². The minimum Gasteiger partial charge on any atom is -0.324 e. The lowest BCUT2D eigenvalue weighted by molar-refractivity contribution is -0.158. The maximum absolute atomic E-state index is 14.0. The van der Waals surface area contributed by atoms with Gasteiger partial charge < -0.3 is 5.32 Å². The molecule has 0 fully saturated rings. The zero-order valence-electron chi connectivity index (χ0n) is 18.0. The Labute approximate surface area is 200 Å². The molecule has 5 rings (SSSR count). The molecule has 178 valence electrons. The van der Waals surface area contributed by atoms with Gasteiger partial charge in [-0.25, -0.2) is 4.98 Å². The van der Waals surface area contributed by atoms with E-state index in [1.807, 2.05) is 30.3 Å². The normalized spacial score (nSPS) is 16.0. The van der Waals surface area contributed by atoms with E-state index in [0.29, 0.717) is 15.3 Å². The van der Waals surface area contributed by atoms with Crippen molar-refractivity contribution in [2.45, 2.75) is 25.2 Å². The average Bonchev–Trinajstić information content (AvgIpc) is 3.19. The van der Waals surface area contributed by atoms with Crippen molar-refractivity contribution < 1.29 is 22.8 Å². The number of thiophene rings is 1. The zero-order valence-corrected chi connectivity index (χ0v) is 18.8. The highest BCUT2D eigenvalue weighted by molar-refractivity contribution is 7.17. The van der Waals surface area contributed by atoms with Gasteiger partial charge in [0.1, 0.15) is 17.4 Å². The van der Waals surface area contributed by atoms with Crippen molar-refractivity contribution in [1.82, 2.24) is 9.55 Å². The fraction of sp³-hybridized carbons (Fsp3) is 0.167. The van der Waals surface area contributed by atoms with Crippen LogP contribution in [0.15, 0.2) is 71.1 Å². The van der Waals surface area contributed by atoms with Gasteiger partial charge in [0.05, 0.1) is 29.5 Å². The van der Waals surface area contributed by atoms with Crippen LogP contribution >= 0.6 is 11.3 Å². The number of alkyl halides is 3. The number of nitrogens with one attached hydrogen (secondary N) is 1. The van der Waals surface area contributed by atoms with E-state index in [1.54, 1.807) is 11.4 Å². The van der Waals surface area contributed by atoms with Crippen molar-refractivity contribution in [3.05, 3.63) is 76.7 Å². The third kappa shape index (κ3) is 4.18. The Hall–Kier alpha value is -3.99. The van der Waals surface area contributed by atoms with Gasteiger partial charge in [-0.3, -0.25) is 23.9 Å². The summed E-state index contributed by atoms with van der Waals surface area (Å²) in [5.41, 5.74) is 0.873. The van der Waals surface area contributed by atoms with Gasteiger partial charge in [0.15, 0.2) is 0 Å². The summed E-state index contributed by atoms with van der Waals surface area (Å²) in [4.78, 5) is 44.1. The second-order valence-electron chi connectivity index (χ2n) is 7.96. The van der Waals surface area contributed by atoms with Crippen LogP contribution in [0.2, 0.25) is 0 Å². The number of benzene rings is 2. The summed E-state index contributed by atoms with van der Waals surface area (Å²) in [6.07, 6.45) is -4.67. The molecular weight excluding hydrogens is 481 g/mol. The Morgan fingerprint density at radius 1 is 1.09 bits per heavy atom. The van der Waals surface area contributed by atoms with E-state index < -0.39 is 42.6 Å². The maximum atomic E-state index is 14.0. The number of para-hydroxylation sites is 2. The number of amides is 2. The lowest BCUT2D eigenvalue weighted by Gasteiger charge is -2.31. The standard InChI is InChI=1S/C24H17F3N4O3S/c25-24(26,27)18-10-19(32)29-16-8-4-5-9-17(16)31(18)20(33)11-30-13-28-22-21(23(30)34)15(12-35-22)14-6-2-1-3-7-14/h1-9,12-13,18H,10-11H2,(H,29,32)/t18-/m0/s1. The van der Waals surface area contributed by atoms with Gasteiger partial charge in [-0.15, -0.1) is 11.3 Å². The highest BCUT2D eigenvalue weighted by Crippen LogP contribution is 2.38. The Morgan fingerprint density at radius 2 is 1.80 bits per heavy atom. The molecule has 0 saturated heterocycles. The molecule has 0 aliphatic carbocycles. The first-order valence-corrected chi connectivity index (χ1v) is 11.4. The summed E-state index contributed by atoms with van der Waals surface area (Å²) in [6.45, 7) is -0.680. The quantitative estimate of drug-likeness (QED) is 0.453. The second kappa shape index (κ2) is 8.66. The highest BCUT2D eigenvalue weighted by atomic mass is 32.1. The number of hydrogen-bond acceptors (Lipinski definition) is 5. The molecule has 2 aromatic carbocycles. The molecule has 0 bridgehead atoms. The summed E-state index contributed by atoms with van der Waals surface area (Å²) in [7, 11) is 0. The lowest BCUT2D eigenvalue weighted by Crippen LogP contribution is -2.51. The fourth-order valence-electron chi connectivity index (χ4n) is 4.13. The van der Waals surface area contributed by atoms with Crippen LogP contribution in [0.25, 0.3) is 21.3 Å². The third-order valence-electron chi connectivity index (χ3n) is 5.73. The van der Waals surface area contributed by atoms with Crippen molar-refractivity contribution in [1.29, 1.82) is 0 Å². The number of carbonyl (C=O) groups excluding carboxylic acids is 2. The van der Waals surface area contributed by atoms with Crippen LogP contribution in [-0.2, 0) is 16.1 Å². The third-order valence-corrected chi connectivity index (χ3v) is 6.61. The molecule has 35 heavy (non-hydrogen) atoms. The van der Waals surface area contributed by atoms with Crippen LogP contribution in [0.4, 0.5) is 24.5 Å². The zero-order chi connectivity index (χ0) is 24.7. The van der Waals surface area contributed by atoms with Gasteiger partial charge in [-0.05, 0) is 17.7 Å². The van der Waals surface area contributed by atoms with E-state index >= 15 is 0 Å². The van der Waals surface area contributed by atoms with Crippen LogP contribution in [0, 0.1) is 0 Å². The van der Waals surface area contributed by atoms with Crippen LogP contribution in [0.3, 0.4) is 0 Å². The van der Waals surface area contributed by atoms with E-state index in [4.69, 9.17) is 0 Å². The first-order valence-electron chi connectivity index (χ1n) is 10.5. The largest absolute Gasteiger partial charge is 0.409 e. The van der Waals surface area contributed by atoms with Gasteiger partial charge in [-0.2, -0.15) is 13.2 Å². The maximum Gasteiger partial charge on any atom is 0.409 e. The average molecular weight is 498 g/mol. The van der Waals surface area contributed by atoms with E-state index in [1.165, 1.54) is 29.5 Å². The molecule has 1 aliphatic rings. The molecule has 4 aromatic rings. The Morgan fingerprint density at radius 3 is 2.54 bits per heavy atom. The van der Waals surface area contributed by atoms with E-state index in [2.05, 4.69) is 10.3 Å². The number of nitrogens with zero attached hydrogens (tertiary/aromatic N) is 3. The molecule has 7 nitrogen and oxygen atoms in total. The number of anilines is 2. The number of aromatic nitrogens is 2. The summed E-state index contributed by atoms with van der Waals surface area (Å²) >= 11 is 1.26. The first-order chi connectivity index (χ1) is 16.7. The monoisotopic (exact) mass is 498 g/mol. The Bertz CT molecular complexity index is 1500. The summed E-state index contributed by atoms with van der Waals surface area (Å²) in [6, 6.07) is 12.5. The van der Waals surface area contributed by atoms with Crippen LogP contribution in [0.5, 0.6) is 0 Å². The Kier molecular flexibility index (Phi) is 5.64. The topological polar surface area (TPSA) is 84.3 Å². The van der Waals surface area contributed by atoms with Crippen molar-refractivity contribution in [3.8, 4) is 11.1 Å². The SMILES string of the molecule is O=C1C[C@@H](C(F)(F)F)N(C(=O)Cn2cnc3scc(-c4ccccc4)c3c2=O)c2ccccc2N1. The summed E-state index contributed by atoms with van der Waals surface area (Å²) in [5.74, 6) is -1.85. The molecule has 0 radical (unpaired) electrons. The molecule has 11 heteroatoms. The van der Waals surface area contributed by atoms with Gasteiger partial charge in [0.25, 0.3) is 5.56 Å². The highest BCUT2D eigenvalue weighted by Gasteiger charge is 2.49. The van der Waals surface area contributed by atoms with Crippen molar-refractivity contribution in [2.24, 2.45) is 0 Å². The van der Waals surface area contributed by atoms with Gasteiger partial charge in [-0.1, -0.05) is 42.5 Å². The number of carbonyl (C=O) groups is 2. The smallest absolute Gasteiger partial charge is 0.324 e. The van der Waals surface area contributed by atoms with Crippen LogP contribution in [0.1, 0.15) is 6.42 Å². The molecule has 0 saturated carbocycles. The van der Waals surface area contributed by atoms with Crippen LogP contribution < -0.4 is 15.8 Å². The number of halogens is 3. The van der Waals surface area contributed by atoms with E-state index in [9.17, 15) is 27.6 Å².